The summed E-state index contributed by atoms with van der Waals surface area (Å²) in [6, 6.07) is -0.412. The van der Waals surface area contributed by atoms with Gasteiger partial charge in [0.25, 0.3) is 0 Å². The molecule has 0 aliphatic carbocycles. The number of nitrogens with one attached hydrogen (secondary N) is 1. The molecule has 14 heavy (non-hydrogen) atoms. The van der Waals surface area contributed by atoms with Gasteiger partial charge in [0.2, 0.25) is 0 Å². The highest BCUT2D eigenvalue weighted by molar-refractivity contribution is 5.71. The second kappa shape index (κ2) is 8.85. The zero-order chi connectivity index (χ0) is 10.8. The first-order valence-electron chi connectivity index (χ1n) is 5.66. The fraction of sp³-hybridized carbons (Fsp3) is 0.909. The van der Waals surface area contributed by atoms with Gasteiger partial charge in [-0.3, -0.25) is 0 Å². The predicted octanol–water partition coefficient (Wildman–Crippen LogP) is 2.65. The molecule has 0 saturated carbocycles. The van der Waals surface area contributed by atoms with Crippen LogP contribution in [0.25, 0.3) is 0 Å². The molecule has 0 unspecified atom stereocenters. The highest BCUT2D eigenvalue weighted by Crippen LogP contribution is 2.09. The standard InChI is InChI=1S/C11H24N2O/c1-10(2)8-6-4-3-5-7-9-13-11(12)14/h10H,3-9H2,1-2H3,(H3,12,13,14). The topological polar surface area (TPSA) is 55.1 Å². The number of unbranched alkanes of at least 4 members (excludes halogenated alkanes) is 4. The van der Waals surface area contributed by atoms with Crippen molar-refractivity contribution in [1.82, 2.24) is 5.32 Å². The highest BCUT2D eigenvalue weighted by atomic mass is 16.2. The van der Waals surface area contributed by atoms with Gasteiger partial charge in [0, 0.05) is 6.54 Å². The first-order valence-corrected chi connectivity index (χ1v) is 5.66. The number of urea groups is 1. The van der Waals surface area contributed by atoms with E-state index in [9.17, 15) is 4.79 Å². The van der Waals surface area contributed by atoms with E-state index in [0.29, 0.717) is 0 Å². The Bertz CT molecular complexity index is 146. The summed E-state index contributed by atoms with van der Waals surface area (Å²) in [5.74, 6) is 0.825. The van der Waals surface area contributed by atoms with Gasteiger partial charge < -0.3 is 11.1 Å². The zero-order valence-electron chi connectivity index (χ0n) is 9.51. The summed E-state index contributed by atoms with van der Waals surface area (Å²) in [7, 11) is 0. The third kappa shape index (κ3) is 11.3. The van der Waals surface area contributed by atoms with Gasteiger partial charge in [0.15, 0.2) is 0 Å². The summed E-state index contributed by atoms with van der Waals surface area (Å²) in [6.45, 7) is 5.24. The van der Waals surface area contributed by atoms with E-state index in [-0.39, 0.29) is 0 Å². The van der Waals surface area contributed by atoms with Gasteiger partial charge in [-0.2, -0.15) is 0 Å². The van der Waals surface area contributed by atoms with Crippen LogP contribution in [0, 0.1) is 5.92 Å². The van der Waals surface area contributed by atoms with Crippen molar-refractivity contribution in [2.45, 2.75) is 52.4 Å². The van der Waals surface area contributed by atoms with Gasteiger partial charge in [-0.15, -0.1) is 0 Å². The molecule has 0 atom stereocenters. The molecule has 0 heterocycles. The Morgan fingerprint density at radius 3 is 2.29 bits per heavy atom. The van der Waals surface area contributed by atoms with Gasteiger partial charge in [-0.25, -0.2) is 4.79 Å². The van der Waals surface area contributed by atoms with E-state index in [1.54, 1.807) is 0 Å². The van der Waals surface area contributed by atoms with Crippen molar-refractivity contribution in [3.8, 4) is 0 Å². The fourth-order valence-electron chi connectivity index (χ4n) is 1.42. The monoisotopic (exact) mass is 200 g/mol. The molecule has 0 aromatic heterocycles. The first kappa shape index (κ1) is 13.3. The molecule has 0 spiro atoms. The lowest BCUT2D eigenvalue weighted by Crippen LogP contribution is -2.29. The molecule has 0 bridgehead atoms. The first-order chi connectivity index (χ1) is 6.63. The number of amides is 2. The Morgan fingerprint density at radius 2 is 1.71 bits per heavy atom. The average Bonchev–Trinajstić information content (AvgIpc) is 2.08. The average molecular weight is 200 g/mol. The lowest BCUT2D eigenvalue weighted by Gasteiger charge is -2.04. The lowest BCUT2D eigenvalue weighted by molar-refractivity contribution is 0.248. The molecular formula is C11H24N2O. The fourth-order valence-corrected chi connectivity index (χ4v) is 1.42. The minimum absolute atomic E-state index is 0.412. The van der Waals surface area contributed by atoms with Crippen LogP contribution in [-0.4, -0.2) is 12.6 Å². The molecule has 3 heteroatoms. The van der Waals surface area contributed by atoms with Crippen LogP contribution in [0.15, 0.2) is 0 Å². The van der Waals surface area contributed by atoms with Crippen molar-refractivity contribution in [1.29, 1.82) is 0 Å². The van der Waals surface area contributed by atoms with Crippen LogP contribution in [0.1, 0.15) is 52.4 Å². The normalized spacial score (nSPS) is 10.5. The van der Waals surface area contributed by atoms with Crippen molar-refractivity contribution < 1.29 is 4.79 Å². The summed E-state index contributed by atoms with van der Waals surface area (Å²) in [4.78, 5) is 10.3. The molecule has 0 saturated heterocycles. The SMILES string of the molecule is CC(C)CCCCCCCNC(N)=O. The van der Waals surface area contributed by atoms with Crippen molar-refractivity contribution in [3.05, 3.63) is 0 Å². The predicted molar refractivity (Wildman–Crippen MR) is 60.1 cm³/mol. The third-order valence-electron chi connectivity index (χ3n) is 2.26. The Hall–Kier alpha value is -0.730. The van der Waals surface area contributed by atoms with E-state index in [1.807, 2.05) is 0 Å². The second-order valence-electron chi connectivity index (χ2n) is 4.24. The van der Waals surface area contributed by atoms with Gasteiger partial charge in [-0.05, 0) is 12.3 Å². The molecule has 0 fully saturated rings. The molecule has 0 radical (unpaired) electrons. The Morgan fingerprint density at radius 1 is 1.14 bits per heavy atom. The number of rotatable bonds is 8. The smallest absolute Gasteiger partial charge is 0.312 e. The second-order valence-corrected chi connectivity index (χ2v) is 4.24. The molecule has 0 aliphatic heterocycles. The van der Waals surface area contributed by atoms with E-state index >= 15 is 0 Å². The summed E-state index contributed by atoms with van der Waals surface area (Å²) in [5.41, 5.74) is 4.94. The quantitative estimate of drug-likeness (QED) is 0.581. The van der Waals surface area contributed by atoms with Crippen LogP contribution in [-0.2, 0) is 0 Å². The molecule has 0 aromatic carbocycles. The molecule has 0 rings (SSSR count). The molecule has 0 aliphatic rings. The summed E-state index contributed by atoms with van der Waals surface area (Å²) in [5, 5.41) is 2.59. The van der Waals surface area contributed by atoms with E-state index < -0.39 is 6.03 Å². The number of carbonyl (C=O) groups is 1. The van der Waals surface area contributed by atoms with Crippen LogP contribution in [0.2, 0.25) is 0 Å². The Labute approximate surface area is 87.4 Å². The van der Waals surface area contributed by atoms with E-state index in [2.05, 4.69) is 19.2 Å². The van der Waals surface area contributed by atoms with E-state index in [4.69, 9.17) is 5.73 Å². The number of primary amides is 1. The van der Waals surface area contributed by atoms with E-state index in [1.165, 1.54) is 32.1 Å². The van der Waals surface area contributed by atoms with Gasteiger partial charge in [0.1, 0.15) is 0 Å². The number of nitrogens with two attached hydrogens (primary N) is 1. The van der Waals surface area contributed by atoms with Crippen molar-refractivity contribution in [2.24, 2.45) is 11.7 Å². The third-order valence-corrected chi connectivity index (χ3v) is 2.26. The van der Waals surface area contributed by atoms with Crippen LogP contribution in [0.3, 0.4) is 0 Å². The highest BCUT2D eigenvalue weighted by Gasteiger charge is 1.95. The largest absolute Gasteiger partial charge is 0.352 e. The van der Waals surface area contributed by atoms with Crippen LogP contribution < -0.4 is 11.1 Å². The summed E-state index contributed by atoms with van der Waals surface area (Å²) in [6.07, 6.45) is 7.49. The molecule has 0 aromatic rings. The van der Waals surface area contributed by atoms with E-state index in [0.717, 1.165) is 18.9 Å². The Kier molecular flexibility index (Phi) is 8.39. The lowest BCUT2D eigenvalue weighted by atomic mass is 10.0. The maximum absolute atomic E-state index is 10.3. The maximum Gasteiger partial charge on any atom is 0.312 e. The minimum Gasteiger partial charge on any atom is -0.352 e. The summed E-state index contributed by atoms with van der Waals surface area (Å²) >= 11 is 0. The minimum atomic E-state index is -0.412. The van der Waals surface area contributed by atoms with Gasteiger partial charge in [-0.1, -0.05) is 46.0 Å². The molecule has 3 nitrogen and oxygen atoms in total. The molecule has 84 valence electrons. The zero-order valence-corrected chi connectivity index (χ0v) is 9.51. The summed E-state index contributed by atoms with van der Waals surface area (Å²) < 4.78 is 0. The maximum atomic E-state index is 10.3. The van der Waals surface area contributed by atoms with Crippen molar-refractivity contribution >= 4 is 6.03 Å². The van der Waals surface area contributed by atoms with Crippen LogP contribution >= 0.6 is 0 Å². The van der Waals surface area contributed by atoms with Crippen LogP contribution in [0.5, 0.6) is 0 Å². The number of hydrogen-bond donors (Lipinski definition) is 2. The molecular weight excluding hydrogens is 176 g/mol. The Balaban J connectivity index is 2.96. The van der Waals surface area contributed by atoms with Gasteiger partial charge in [0.05, 0.1) is 0 Å². The van der Waals surface area contributed by atoms with Crippen molar-refractivity contribution in [3.63, 3.8) is 0 Å². The van der Waals surface area contributed by atoms with Crippen molar-refractivity contribution in [2.75, 3.05) is 6.54 Å². The molecule has 2 amide bonds. The molecule has 3 N–H and O–H groups in total. The number of carbonyl (C=O) groups excluding carboxylic acids is 1. The number of hydrogen-bond acceptors (Lipinski definition) is 1. The van der Waals surface area contributed by atoms with Crippen LogP contribution in [0.4, 0.5) is 4.79 Å². The van der Waals surface area contributed by atoms with Gasteiger partial charge >= 0.3 is 6.03 Å².